The molecule has 7 rings (SSSR count). The summed E-state index contributed by atoms with van der Waals surface area (Å²) in [7, 11) is 0. The van der Waals surface area contributed by atoms with Crippen LogP contribution in [-0.4, -0.2) is 48.4 Å². The molecule has 0 unspecified atom stereocenters. The van der Waals surface area contributed by atoms with Crippen LogP contribution in [0.1, 0.15) is 68.5 Å². The normalized spacial score (nSPS) is 27.0. The minimum atomic E-state index is -0.306. The molecule has 3 aromatic heterocycles. The summed E-state index contributed by atoms with van der Waals surface area (Å²) in [4.78, 5) is 22.4. The van der Waals surface area contributed by atoms with Crippen molar-refractivity contribution >= 4 is 17.5 Å². The Labute approximate surface area is 179 Å². The summed E-state index contributed by atoms with van der Waals surface area (Å²) in [5.74, 6) is 1.02. The largest absolute Gasteiger partial charge is 0.474 e. The van der Waals surface area contributed by atoms with Gasteiger partial charge in [0.2, 0.25) is 11.7 Å². The second kappa shape index (κ2) is 6.29. The lowest BCUT2D eigenvalue weighted by Crippen LogP contribution is -2.45. The molecule has 0 radical (unpaired) electrons. The highest BCUT2D eigenvalue weighted by Gasteiger charge is 2.61. The number of anilines is 1. The Bertz CT molecular complexity index is 1190. The number of carbonyl (C=O) groups is 1. The maximum absolute atomic E-state index is 13.1. The first kappa shape index (κ1) is 18.8. The van der Waals surface area contributed by atoms with Crippen LogP contribution in [0.25, 0.3) is 5.78 Å². The Morgan fingerprint density at radius 3 is 2.77 bits per heavy atom. The topological polar surface area (TPSA) is 95.6 Å². The van der Waals surface area contributed by atoms with Crippen LogP contribution >= 0.6 is 0 Å². The smallest absolute Gasteiger partial charge is 0.263 e. The summed E-state index contributed by atoms with van der Waals surface area (Å²) >= 11 is 0. The van der Waals surface area contributed by atoms with E-state index in [0.717, 1.165) is 31.4 Å². The Hall–Kier alpha value is -2.94. The van der Waals surface area contributed by atoms with E-state index in [9.17, 15) is 4.79 Å². The molecule has 31 heavy (non-hydrogen) atoms. The van der Waals surface area contributed by atoms with E-state index in [2.05, 4.69) is 22.3 Å². The van der Waals surface area contributed by atoms with Crippen LogP contribution in [0.4, 0.5) is 5.82 Å². The van der Waals surface area contributed by atoms with Crippen LogP contribution in [0.2, 0.25) is 0 Å². The predicted molar refractivity (Wildman–Crippen MR) is 112 cm³/mol. The van der Waals surface area contributed by atoms with Crippen molar-refractivity contribution in [1.82, 2.24) is 24.1 Å². The van der Waals surface area contributed by atoms with E-state index in [4.69, 9.17) is 14.5 Å². The molecule has 0 aromatic carbocycles. The number of hydrogen-bond acceptors (Lipinski definition) is 6. The number of nitrogens with one attached hydrogen (secondary N) is 1. The first-order chi connectivity index (χ1) is 14.8. The van der Waals surface area contributed by atoms with Gasteiger partial charge in [0.15, 0.2) is 5.82 Å². The minimum Gasteiger partial charge on any atom is -0.474 e. The fraction of sp³-hybridized carbons (Fsp3) is 0.545. The number of aromatic nitrogens is 5. The van der Waals surface area contributed by atoms with Gasteiger partial charge < -0.3 is 14.8 Å². The highest BCUT2D eigenvalue weighted by atomic mass is 16.5. The lowest BCUT2D eigenvalue weighted by Gasteiger charge is -2.41. The maximum Gasteiger partial charge on any atom is 0.263 e. The summed E-state index contributed by atoms with van der Waals surface area (Å²) in [5, 5.41) is 7.34. The lowest BCUT2D eigenvalue weighted by atomic mass is 9.62. The van der Waals surface area contributed by atoms with Gasteiger partial charge in [-0.05, 0) is 46.5 Å². The molecule has 4 fully saturated rings. The standard InChI is InChI=1S/C22H26N6O3/c1-13(2)31-19-15(18(29)24-17-6-7-28(26-17)14-4-5-14)8-27-9-16(23-20(27)25-19)22-10-21(3,11-22)30-12-22/h6-9,13-14H,4-5,10-12H2,1-3H3,(H,24,26,29). The van der Waals surface area contributed by atoms with Crippen LogP contribution in [0.3, 0.4) is 0 Å². The fourth-order valence-electron chi connectivity index (χ4n) is 4.91. The lowest BCUT2D eigenvalue weighted by molar-refractivity contribution is 0.0154. The number of imidazole rings is 1. The molecule has 1 N–H and O–H groups in total. The highest BCUT2D eigenvalue weighted by molar-refractivity contribution is 6.05. The van der Waals surface area contributed by atoms with E-state index in [1.807, 2.05) is 41.4 Å². The number of nitrogens with zero attached hydrogens (tertiary/aromatic N) is 5. The molecule has 9 nitrogen and oxygen atoms in total. The second-order valence-corrected chi connectivity index (χ2v) is 9.70. The maximum atomic E-state index is 13.1. The Morgan fingerprint density at radius 1 is 1.29 bits per heavy atom. The van der Waals surface area contributed by atoms with Crippen molar-refractivity contribution in [2.45, 2.75) is 69.6 Å². The fourth-order valence-corrected chi connectivity index (χ4v) is 4.91. The van der Waals surface area contributed by atoms with E-state index in [1.54, 1.807) is 6.20 Å². The van der Waals surface area contributed by atoms with Crippen molar-refractivity contribution in [1.29, 1.82) is 0 Å². The van der Waals surface area contributed by atoms with Crippen LogP contribution in [0.15, 0.2) is 24.7 Å². The third-order valence-electron chi connectivity index (χ3n) is 6.44. The van der Waals surface area contributed by atoms with Gasteiger partial charge in [-0.15, -0.1) is 0 Å². The van der Waals surface area contributed by atoms with E-state index in [1.165, 1.54) is 0 Å². The minimum absolute atomic E-state index is 0.0237. The van der Waals surface area contributed by atoms with Crippen LogP contribution in [-0.2, 0) is 10.2 Å². The van der Waals surface area contributed by atoms with E-state index in [-0.39, 0.29) is 28.9 Å². The molecular formula is C22H26N6O3. The van der Waals surface area contributed by atoms with Crippen molar-refractivity contribution in [3.63, 3.8) is 0 Å². The monoisotopic (exact) mass is 422 g/mol. The zero-order valence-electron chi connectivity index (χ0n) is 18.0. The van der Waals surface area contributed by atoms with E-state index >= 15 is 0 Å². The number of ether oxygens (including phenoxy) is 2. The Kier molecular flexibility index (Phi) is 3.81. The van der Waals surface area contributed by atoms with Crippen molar-refractivity contribution in [2.75, 3.05) is 11.9 Å². The first-order valence-corrected chi connectivity index (χ1v) is 10.9. The number of hydrogen-bond donors (Lipinski definition) is 1. The van der Waals surface area contributed by atoms with Gasteiger partial charge in [-0.3, -0.25) is 13.9 Å². The van der Waals surface area contributed by atoms with Gasteiger partial charge in [0, 0.05) is 30.1 Å². The molecule has 1 amide bonds. The molecule has 0 spiro atoms. The summed E-state index contributed by atoms with van der Waals surface area (Å²) in [5.41, 5.74) is 1.25. The summed E-state index contributed by atoms with van der Waals surface area (Å²) in [6.45, 7) is 6.64. The molecule has 5 heterocycles. The number of amides is 1. The van der Waals surface area contributed by atoms with Crippen LogP contribution < -0.4 is 10.1 Å². The molecule has 3 aromatic rings. The molecule has 2 aliphatic heterocycles. The molecule has 4 aliphatic rings. The quantitative estimate of drug-likeness (QED) is 0.656. The van der Waals surface area contributed by atoms with Crippen LogP contribution in [0, 0.1) is 0 Å². The molecule has 9 heteroatoms. The molecule has 2 saturated heterocycles. The third kappa shape index (κ3) is 3.10. The van der Waals surface area contributed by atoms with Gasteiger partial charge in [-0.2, -0.15) is 10.1 Å². The van der Waals surface area contributed by atoms with Crippen LogP contribution in [0.5, 0.6) is 5.88 Å². The van der Waals surface area contributed by atoms with E-state index < -0.39 is 0 Å². The van der Waals surface area contributed by atoms with Gasteiger partial charge in [0.05, 0.1) is 30.0 Å². The summed E-state index contributed by atoms with van der Waals surface area (Å²) in [6, 6.07) is 2.27. The molecule has 2 bridgehead atoms. The molecular weight excluding hydrogens is 396 g/mol. The summed E-state index contributed by atoms with van der Waals surface area (Å²) < 4.78 is 15.5. The van der Waals surface area contributed by atoms with Crippen molar-refractivity contribution in [3.8, 4) is 5.88 Å². The van der Waals surface area contributed by atoms with Gasteiger partial charge in [-0.25, -0.2) is 4.98 Å². The zero-order valence-corrected chi connectivity index (χ0v) is 18.0. The van der Waals surface area contributed by atoms with Gasteiger partial charge in [0.1, 0.15) is 5.56 Å². The second-order valence-electron chi connectivity index (χ2n) is 9.70. The predicted octanol–water partition coefficient (Wildman–Crippen LogP) is 3.12. The average molecular weight is 422 g/mol. The summed E-state index contributed by atoms with van der Waals surface area (Å²) in [6.07, 6.45) is 9.69. The zero-order chi connectivity index (χ0) is 21.4. The average Bonchev–Trinajstić information content (AvgIpc) is 3.00. The van der Waals surface area contributed by atoms with Gasteiger partial charge >= 0.3 is 0 Å². The SMILES string of the molecule is CC(C)Oc1nc2nc(C34COC(C)(C3)C4)cn2cc1C(=O)Nc1ccn(C2CC2)n1. The van der Waals surface area contributed by atoms with Crippen molar-refractivity contribution in [2.24, 2.45) is 0 Å². The molecule has 0 atom stereocenters. The number of rotatable bonds is 6. The van der Waals surface area contributed by atoms with Crippen molar-refractivity contribution in [3.05, 3.63) is 35.9 Å². The molecule has 2 saturated carbocycles. The third-order valence-corrected chi connectivity index (χ3v) is 6.44. The van der Waals surface area contributed by atoms with E-state index in [0.29, 0.717) is 29.8 Å². The Morgan fingerprint density at radius 2 is 2.10 bits per heavy atom. The highest BCUT2D eigenvalue weighted by Crippen LogP contribution is 2.58. The number of carbonyl (C=O) groups excluding carboxylic acids is 1. The van der Waals surface area contributed by atoms with Gasteiger partial charge in [-0.1, -0.05) is 0 Å². The Balaban J connectivity index is 1.33. The van der Waals surface area contributed by atoms with Crippen molar-refractivity contribution < 1.29 is 14.3 Å². The molecule has 2 aliphatic carbocycles. The molecule has 162 valence electrons. The first-order valence-electron chi connectivity index (χ1n) is 10.9. The number of fused-ring (bicyclic) bond motifs is 2. The van der Waals surface area contributed by atoms with Gasteiger partial charge in [0.25, 0.3) is 5.91 Å².